The fourth-order valence-electron chi connectivity index (χ4n) is 3.50. The molecule has 0 bridgehead atoms. The lowest BCUT2D eigenvalue weighted by Gasteiger charge is -2.14. The molecule has 0 aliphatic rings. The minimum Gasteiger partial charge on any atom is -0.760 e. The van der Waals surface area contributed by atoms with Crippen LogP contribution in [-0.2, 0) is 31.9 Å². The number of fused-ring (bicyclic) bond motifs is 1. The Labute approximate surface area is 178 Å². The minimum absolute atomic E-state index is 0.0222. The molecule has 0 radical (unpaired) electrons. The fourth-order valence-corrected chi connectivity index (χ4v) is 3.78. The van der Waals surface area contributed by atoms with E-state index in [2.05, 4.69) is 9.82 Å². The molecule has 2 heterocycles. The first-order valence-electron chi connectivity index (χ1n) is 9.18. The lowest BCUT2D eigenvalue weighted by Crippen LogP contribution is -2.18. The largest absolute Gasteiger partial charge is 0.760 e. The summed E-state index contributed by atoms with van der Waals surface area (Å²) in [6.07, 6.45) is 4.97. The number of aryl methyl sites for hydroxylation is 2. The number of halogens is 2. The summed E-state index contributed by atoms with van der Waals surface area (Å²) in [4.78, 5) is 12.7. The third kappa shape index (κ3) is 4.05. The summed E-state index contributed by atoms with van der Waals surface area (Å²) in [5.41, 5.74) is 1.75. The van der Waals surface area contributed by atoms with Crippen molar-refractivity contribution in [2.24, 2.45) is 14.1 Å². The summed E-state index contributed by atoms with van der Waals surface area (Å²) in [7, 11) is 3.33. The first-order valence-corrected chi connectivity index (χ1v) is 10.3. The smallest absolute Gasteiger partial charge is 0.258 e. The molecule has 0 saturated heterocycles. The second-order valence-electron chi connectivity index (χ2n) is 7.10. The van der Waals surface area contributed by atoms with Gasteiger partial charge in [0.1, 0.15) is 11.6 Å². The molecule has 0 fully saturated rings. The van der Waals surface area contributed by atoms with Crippen molar-refractivity contribution in [2.45, 2.75) is 6.54 Å². The highest BCUT2D eigenvalue weighted by Gasteiger charge is 2.17. The topological polar surface area (TPSA) is 92.0 Å². The Morgan fingerprint density at radius 2 is 1.81 bits per heavy atom. The summed E-state index contributed by atoms with van der Waals surface area (Å²) in [5, 5.41) is 5.01. The van der Waals surface area contributed by atoms with Crippen LogP contribution in [0.2, 0.25) is 0 Å². The molecule has 10 heteroatoms. The van der Waals surface area contributed by atoms with Gasteiger partial charge < -0.3 is 9.12 Å². The van der Waals surface area contributed by atoms with E-state index in [1.807, 2.05) is 6.20 Å². The average molecular weight is 443 g/mol. The van der Waals surface area contributed by atoms with Gasteiger partial charge >= 0.3 is 0 Å². The molecular weight excluding hydrogens is 426 g/mol. The maximum atomic E-state index is 14.8. The van der Waals surface area contributed by atoms with Crippen LogP contribution in [0.5, 0.6) is 0 Å². The van der Waals surface area contributed by atoms with E-state index in [0.717, 1.165) is 11.1 Å². The predicted molar refractivity (Wildman–Crippen MR) is 113 cm³/mol. The molecule has 31 heavy (non-hydrogen) atoms. The van der Waals surface area contributed by atoms with Crippen LogP contribution in [0.15, 0.2) is 53.7 Å². The standard InChI is InChI=1S/C21H18F2N4O3S/c1-26-11-18(17-6-13(9-25-31(29)30)19(22)7-20(17)23)16-5-12(3-4-15(16)21(26)28)14-8-24-27(2)10-14/h3-8,10-11,25H,9H2,1-2H3,(H,29,30)/p-1. The van der Waals surface area contributed by atoms with Crippen molar-refractivity contribution in [1.82, 2.24) is 19.1 Å². The lowest BCUT2D eigenvalue weighted by molar-refractivity contribution is 0.519. The number of nitrogens with one attached hydrogen (secondary N) is 1. The van der Waals surface area contributed by atoms with Gasteiger partial charge in [0.2, 0.25) is 0 Å². The zero-order valence-electron chi connectivity index (χ0n) is 16.6. The highest BCUT2D eigenvalue weighted by Crippen LogP contribution is 2.33. The summed E-state index contributed by atoms with van der Waals surface area (Å²) in [6.45, 7) is -0.333. The van der Waals surface area contributed by atoms with Gasteiger partial charge in [0, 0.05) is 78.0 Å². The van der Waals surface area contributed by atoms with Gasteiger partial charge in [-0.3, -0.25) is 13.7 Å². The van der Waals surface area contributed by atoms with Crippen LogP contribution in [-0.4, -0.2) is 23.1 Å². The number of aromatic nitrogens is 3. The molecular formula is C21H17F2N4O3S-. The number of hydrogen-bond acceptors (Lipinski definition) is 4. The van der Waals surface area contributed by atoms with Crippen molar-refractivity contribution in [3.05, 3.63) is 76.5 Å². The van der Waals surface area contributed by atoms with Crippen LogP contribution in [0.3, 0.4) is 0 Å². The number of nitrogens with zero attached hydrogens (tertiary/aromatic N) is 3. The fraction of sp³-hybridized carbons (Fsp3) is 0.143. The lowest BCUT2D eigenvalue weighted by atomic mass is 9.96. The highest BCUT2D eigenvalue weighted by molar-refractivity contribution is 7.77. The minimum atomic E-state index is -2.60. The molecule has 0 amide bonds. The van der Waals surface area contributed by atoms with Crippen molar-refractivity contribution >= 4 is 22.0 Å². The van der Waals surface area contributed by atoms with Crippen molar-refractivity contribution in [3.8, 4) is 22.3 Å². The van der Waals surface area contributed by atoms with E-state index in [4.69, 9.17) is 0 Å². The van der Waals surface area contributed by atoms with E-state index in [0.29, 0.717) is 22.4 Å². The van der Waals surface area contributed by atoms with Gasteiger partial charge in [0.25, 0.3) is 5.56 Å². The molecule has 0 aliphatic carbocycles. The molecule has 0 saturated carbocycles. The third-order valence-corrected chi connectivity index (χ3v) is 5.41. The summed E-state index contributed by atoms with van der Waals surface area (Å²) in [6, 6.07) is 7.16. The zero-order chi connectivity index (χ0) is 22.3. The number of hydrogen-bond donors (Lipinski definition) is 1. The quantitative estimate of drug-likeness (QED) is 0.480. The van der Waals surface area contributed by atoms with Crippen LogP contribution in [0.25, 0.3) is 33.0 Å². The van der Waals surface area contributed by atoms with Gasteiger partial charge in [-0.1, -0.05) is 6.07 Å². The summed E-state index contributed by atoms with van der Waals surface area (Å²) >= 11 is -2.60. The van der Waals surface area contributed by atoms with Crippen LogP contribution < -0.4 is 10.3 Å². The number of rotatable bonds is 5. The number of pyridine rings is 1. The molecule has 0 spiro atoms. The maximum absolute atomic E-state index is 14.8. The molecule has 1 atom stereocenters. The molecule has 160 valence electrons. The van der Waals surface area contributed by atoms with E-state index in [9.17, 15) is 22.3 Å². The highest BCUT2D eigenvalue weighted by atomic mass is 32.2. The van der Waals surface area contributed by atoms with Crippen molar-refractivity contribution in [2.75, 3.05) is 0 Å². The second-order valence-corrected chi connectivity index (χ2v) is 7.86. The van der Waals surface area contributed by atoms with Crippen molar-refractivity contribution in [3.63, 3.8) is 0 Å². The van der Waals surface area contributed by atoms with E-state index < -0.39 is 22.9 Å². The molecule has 0 aliphatic heterocycles. The Morgan fingerprint density at radius 3 is 2.48 bits per heavy atom. The van der Waals surface area contributed by atoms with E-state index in [-0.39, 0.29) is 23.2 Å². The van der Waals surface area contributed by atoms with Gasteiger partial charge in [0.15, 0.2) is 0 Å². The van der Waals surface area contributed by atoms with Crippen LogP contribution in [0.1, 0.15) is 5.56 Å². The molecule has 1 unspecified atom stereocenters. The Hall–Kier alpha value is -3.21. The summed E-state index contributed by atoms with van der Waals surface area (Å²) in [5.74, 6) is -1.69. The van der Waals surface area contributed by atoms with Crippen molar-refractivity contribution in [1.29, 1.82) is 0 Å². The van der Waals surface area contributed by atoms with Crippen molar-refractivity contribution < 1.29 is 17.5 Å². The SMILES string of the molecule is Cn1cc(-c2ccc3c(=O)n(C)cc(-c4cc(CNS(=O)[O-])c(F)cc4F)c3c2)cn1. The predicted octanol–water partition coefficient (Wildman–Crippen LogP) is 2.77. The molecule has 2 aromatic heterocycles. The first kappa shape index (κ1) is 21.0. The van der Waals surface area contributed by atoms with Crippen LogP contribution in [0, 0.1) is 11.6 Å². The van der Waals surface area contributed by atoms with Gasteiger partial charge in [-0.2, -0.15) is 5.10 Å². The van der Waals surface area contributed by atoms with E-state index in [1.54, 1.807) is 43.2 Å². The van der Waals surface area contributed by atoms with Gasteiger partial charge in [-0.05, 0) is 29.1 Å². The Bertz CT molecular complexity index is 1400. The van der Waals surface area contributed by atoms with Gasteiger partial charge in [-0.25, -0.2) is 13.5 Å². The van der Waals surface area contributed by atoms with Gasteiger partial charge in [0.05, 0.1) is 6.20 Å². The normalized spacial score (nSPS) is 12.4. The molecule has 4 aromatic rings. The molecule has 1 N–H and O–H groups in total. The molecule has 2 aromatic carbocycles. The Morgan fingerprint density at radius 1 is 1.03 bits per heavy atom. The van der Waals surface area contributed by atoms with Crippen LogP contribution >= 0.6 is 0 Å². The molecule has 7 nitrogen and oxygen atoms in total. The Kier molecular flexibility index (Phi) is 5.52. The monoisotopic (exact) mass is 443 g/mol. The van der Waals surface area contributed by atoms with E-state index >= 15 is 0 Å². The zero-order valence-corrected chi connectivity index (χ0v) is 17.4. The number of benzene rings is 2. The molecule has 4 rings (SSSR count). The second kappa shape index (κ2) is 8.14. The van der Waals surface area contributed by atoms with Gasteiger partial charge in [-0.15, -0.1) is 0 Å². The Balaban J connectivity index is 1.96. The van der Waals surface area contributed by atoms with Crippen LogP contribution in [0.4, 0.5) is 8.78 Å². The first-order chi connectivity index (χ1) is 14.7. The summed E-state index contributed by atoms with van der Waals surface area (Å²) < 4.78 is 55.6. The van der Waals surface area contributed by atoms with E-state index in [1.165, 1.54) is 16.8 Å². The third-order valence-electron chi connectivity index (χ3n) is 5.03. The maximum Gasteiger partial charge on any atom is 0.258 e. The average Bonchev–Trinajstić information content (AvgIpc) is 3.16.